The van der Waals surface area contributed by atoms with Crippen LogP contribution in [0, 0.1) is 0 Å². The van der Waals surface area contributed by atoms with E-state index in [2.05, 4.69) is 15.9 Å². The summed E-state index contributed by atoms with van der Waals surface area (Å²) in [5.74, 6) is 0. The molecule has 0 saturated heterocycles. The Morgan fingerprint density at radius 1 is 1.33 bits per heavy atom. The molecule has 2 unspecified atom stereocenters. The molecular weight excluding hydrogens is 216 g/mol. The summed E-state index contributed by atoms with van der Waals surface area (Å²) in [6, 6.07) is 9.66. The van der Waals surface area contributed by atoms with Gasteiger partial charge in [-0.25, -0.2) is 0 Å². The number of hydrogen-bond acceptors (Lipinski definition) is 1. The van der Waals surface area contributed by atoms with Crippen molar-refractivity contribution < 1.29 is 5.11 Å². The lowest BCUT2D eigenvalue weighted by Crippen LogP contribution is -2.29. The van der Waals surface area contributed by atoms with E-state index in [0.717, 1.165) is 5.56 Å². The maximum absolute atomic E-state index is 10.0. The Morgan fingerprint density at radius 2 is 1.83 bits per heavy atom. The molecule has 2 atom stereocenters. The molecule has 0 fully saturated rings. The van der Waals surface area contributed by atoms with Crippen molar-refractivity contribution in [2.24, 2.45) is 0 Å². The highest BCUT2D eigenvalue weighted by Gasteiger charge is 2.27. The molecule has 1 N–H and O–H groups in total. The Labute approximate surface area is 81.6 Å². The molecule has 1 rings (SSSR count). The second kappa shape index (κ2) is 3.58. The Balaban J connectivity index is 2.98. The third kappa shape index (κ3) is 1.87. The van der Waals surface area contributed by atoms with Gasteiger partial charge in [0.2, 0.25) is 0 Å². The highest BCUT2D eigenvalue weighted by Crippen LogP contribution is 2.28. The van der Waals surface area contributed by atoms with Crippen molar-refractivity contribution in [3.63, 3.8) is 0 Å². The Morgan fingerprint density at radius 3 is 2.25 bits per heavy atom. The summed E-state index contributed by atoms with van der Waals surface area (Å²) in [6.07, 6.45) is 0. The summed E-state index contributed by atoms with van der Waals surface area (Å²) in [4.78, 5) is 0.0485. The fourth-order valence-electron chi connectivity index (χ4n) is 1.01. The zero-order valence-electron chi connectivity index (χ0n) is 7.29. The highest BCUT2D eigenvalue weighted by atomic mass is 79.9. The first-order valence-corrected chi connectivity index (χ1v) is 4.88. The van der Waals surface area contributed by atoms with Gasteiger partial charge in [-0.15, -0.1) is 0 Å². The van der Waals surface area contributed by atoms with Crippen molar-refractivity contribution in [1.29, 1.82) is 0 Å². The van der Waals surface area contributed by atoms with Crippen molar-refractivity contribution in [3.05, 3.63) is 35.9 Å². The van der Waals surface area contributed by atoms with Gasteiger partial charge < -0.3 is 5.11 Å². The highest BCUT2D eigenvalue weighted by molar-refractivity contribution is 9.09. The van der Waals surface area contributed by atoms with Crippen molar-refractivity contribution >= 4 is 15.9 Å². The minimum Gasteiger partial charge on any atom is -0.384 e. The smallest absolute Gasteiger partial charge is 0.0990 e. The first-order valence-electron chi connectivity index (χ1n) is 3.97. The van der Waals surface area contributed by atoms with Crippen LogP contribution in [-0.4, -0.2) is 9.93 Å². The molecule has 0 saturated carbocycles. The topological polar surface area (TPSA) is 20.2 Å². The van der Waals surface area contributed by atoms with Gasteiger partial charge in [-0.3, -0.25) is 0 Å². The number of hydrogen-bond donors (Lipinski definition) is 1. The van der Waals surface area contributed by atoms with E-state index in [1.54, 1.807) is 0 Å². The third-order valence-corrected chi connectivity index (χ3v) is 3.02. The van der Waals surface area contributed by atoms with Crippen LogP contribution >= 0.6 is 15.9 Å². The van der Waals surface area contributed by atoms with Crippen molar-refractivity contribution in [1.82, 2.24) is 0 Å². The number of aliphatic hydroxyl groups is 1. The maximum Gasteiger partial charge on any atom is 0.0990 e. The van der Waals surface area contributed by atoms with E-state index in [4.69, 9.17) is 0 Å². The lowest BCUT2D eigenvalue weighted by molar-refractivity contribution is 0.0611. The molecule has 1 nitrogen and oxygen atoms in total. The SMILES string of the molecule is CC(Br)C(C)(O)c1ccccc1. The van der Waals surface area contributed by atoms with Crippen LogP contribution in [0.5, 0.6) is 0 Å². The second-order valence-electron chi connectivity index (χ2n) is 3.13. The molecular formula is C10H13BrO. The molecule has 0 aromatic heterocycles. The van der Waals surface area contributed by atoms with E-state index >= 15 is 0 Å². The molecule has 0 aliphatic rings. The van der Waals surface area contributed by atoms with Gasteiger partial charge in [0.25, 0.3) is 0 Å². The Kier molecular flexibility index (Phi) is 2.91. The van der Waals surface area contributed by atoms with Gasteiger partial charge in [-0.2, -0.15) is 0 Å². The average molecular weight is 229 g/mol. The van der Waals surface area contributed by atoms with Gasteiger partial charge in [-0.05, 0) is 19.4 Å². The first-order chi connectivity index (χ1) is 5.55. The summed E-state index contributed by atoms with van der Waals surface area (Å²) in [5, 5.41) is 10.0. The summed E-state index contributed by atoms with van der Waals surface area (Å²) in [5.41, 5.74) is 0.149. The molecule has 2 heteroatoms. The van der Waals surface area contributed by atoms with Gasteiger partial charge in [-0.1, -0.05) is 46.3 Å². The van der Waals surface area contributed by atoms with Crippen LogP contribution in [0.2, 0.25) is 0 Å². The molecule has 0 heterocycles. The Hall–Kier alpha value is -0.340. The van der Waals surface area contributed by atoms with Crippen LogP contribution in [0.25, 0.3) is 0 Å². The summed E-state index contributed by atoms with van der Waals surface area (Å²) < 4.78 is 0. The van der Waals surface area contributed by atoms with Crippen LogP contribution in [-0.2, 0) is 5.60 Å². The zero-order chi connectivity index (χ0) is 9.19. The van der Waals surface area contributed by atoms with Gasteiger partial charge in [0.1, 0.15) is 0 Å². The third-order valence-electron chi connectivity index (χ3n) is 2.13. The van der Waals surface area contributed by atoms with Crippen LogP contribution in [0.4, 0.5) is 0 Å². The van der Waals surface area contributed by atoms with E-state index in [1.807, 2.05) is 44.2 Å². The molecule has 0 aliphatic heterocycles. The van der Waals surface area contributed by atoms with E-state index in [-0.39, 0.29) is 4.83 Å². The van der Waals surface area contributed by atoms with Crippen LogP contribution in [0.3, 0.4) is 0 Å². The average Bonchev–Trinajstić information content (AvgIpc) is 2.06. The maximum atomic E-state index is 10.0. The predicted octanol–water partition coefficient (Wildman–Crippen LogP) is 2.68. The van der Waals surface area contributed by atoms with Gasteiger partial charge in [0.05, 0.1) is 5.60 Å². The summed E-state index contributed by atoms with van der Waals surface area (Å²) >= 11 is 3.38. The molecule has 0 amide bonds. The summed E-state index contributed by atoms with van der Waals surface area (Å²) in [6.45, 7) is 3.74. The van der Waals surface area contributed by atoms with Crippen LogP contribution in [0.1, 0.15) is 19.4 Å². The van der Waals surface area contributed by atoms with E-state index in [9.17, 15) is 5.11 Å². The molecule has 0 spiro atoms. The minimum absolute atomic E-state index is 0.0485. The lowest BCUT2D eigenvalue weighted by atomic mass is 9.93. The molecule has 0 radical (unpaired) electrons. The molecule has 1 aromatic rings. The normalized spacial score (nSPS) is 18.3. The monoisotopic (exact) mass is 228 g/mol. The van der Waals surface area contributed by atoms with Crippen molar-refractivity contribution in [2.45, 2.75) is 24.3 Å². The first kappa shape index (κ1) is 9.75. The van der Waals surface area contributed by atoms with Crippen LogP contribution in [0.15, 0.2) is 30.3 Å². The Bertz CT molecular complexity index is 241. The quantitative estimate of drug-likeness (QED) is 0.773. The molecule has 66 valence electrons. The minimum atomic E-state index is -0.790. The van der Waals surface area contributed by atoms with Gasteiger partial charge in [0.15, 0.2) is 0 Å². The molecule has 12 heavy (non-hydrogen) atoms. The van der Waals surface area contributed by atoms with Gasteiger partial charge in [0, 0.05) is 4.83 Å². The van der Waals surface area contributed by atoms with E-state index < -0.39 is 5.60 Å². The lowest BCUT2D eigenvalue weighted by Gasteiger charge is -2.26. The number of benzene rings is 1. The summed E-state index contributed by atoms with van der Waals surface area (Å²) in [7, 11) is 0. The molecule has 0 aliphatic carbocycles. The number of alkyl halides is 1. The number of halogens is 1. The largest absolute Gasteiger partial charge is 0.384 e. The number of rotatable bonds is 2. The van der Waals surface area contributed by atoms with Gasteiger partial charge >= 0.3 is 0 Å². The van der Waals surface area contributed by atoms with E-state index in [0.29, 0.717) is 0 Å². The van der Waals surface area contributed by atoms with Crippen molar-refractivity contribution in [2.75, 3.05) is 0 Å². The predicted molar refractivity (Wildman–Crippen MR) is 54.4 cm³/mol. The zero-order valence-corrected chi connectivity index (χ0v) is 8.88. The second-order valence-corrected chi connectivity index (χ2v) is 4.50. The van der Waals surface area contributed by atoms with E-state index in [1.165, 1.54) is 0 Å². The molecule has 1 aromatic carbocycles. The standard InChI is InChI=1S/C10H13BrO/c1-8(11)10(2,12)9-6-4-3-5-7-9/h3-8,12H,1-2H3. The fraction of sp³-hybridized carbons (Fsp3) is 0.400. The van der Waals surface area contributed by atoms with Crippen molar-refractivity contribution in [3.8, 4) is 0 Å². The molecule has 0 bridgehead atoms. The van der Waals surface area contributed by atoms with Crippen LogP contribution < -0.4 is 0 Å². The fourth-order valence-corrected chi connectivity index (χ4v) is 1.27.